The van der Waals surface area contributed by atoms with E-state index in [2.05, 4.69) is 4.72 Å². The van der Waals surface area contributed by atoms with Crippen LogP contribution in [0.1, 0.15) is 25.8 Å². The van der Waals surface area contributed by atoms with Gasteiger partial charge in [0.05, 0.1) is 15.5 Å². The molecule has 1 aromatic carbocycles. The summed E-state index contributed by atoms with van der Waals surface area (Å²) in [7, 11) is -3.56. The molecule has 1 unspecified atom stereocenters. The van der Waals surface area contributed by atoms with Crippen LogP contribution < -0.4 is 4.72 Å². The molecule has 0 bridgehead atoms. The van der Waals surface area contributed by atoms with Crippen molar-refractivity contribution < 1.29 is 8.42 Å². The molecule has 1 atom stereocenters. The van der Waals surface area contributed by atoms with E-state index < -0.39 is 10.0 Å². The van der Waals surface area contributed by atoms with Gasteiger partial charge in [-0.1, -0.05) is 18.5 Å². The maximum atomic E-state index is 11.9. The lowest BCUT2D eigenvalue weighted by molar-refractivity contribution is 0.556. The predicted molar refractivity (Wildman–Crippen MR) is 66.2 cm³/mol. The molecule has 92 valence electrons. The molecular weight excluding hydrogens is 260 g/mol. The molecule has 0 saturated heterocycles. The van der Waals surface area contributed by atoms with Crippen molar-refractivity contribution in [1.29, 1.82) is 5.26 Å². The number of hydrogen-bond donors (Lipinski definition) is 1. The van der Waals surface area contributed by atoms with Crippen molar-refractivity contribution in [1.82, 2.24) is 4.72 Å². The van der Waals surface area contributed by atoms with Crippen molar-refractivity contribution in [2.45, 2.75) is 31.2 Å². The first-order valence-electron chi connectivity index (χ1n) is 5.12. The van der Waals surface area contributed by atoms with Crippen molar-refractivity contribution in [3.8, 4) is 6.07 Å². The number of hydrogen-bond acceptors (Lipinski definition) is 3. The molecule has 0 amide bonds. The lowest BCUT2D eigenvalue weighted by Gasteiger charge is -2.12. The van der Waals surface area contributed by atoms with Crippen molar-refractivity contribution in [3.05, 3.63) is 28.8 Å². The number of halogens is 1. The number of nitrogens with one attached hydrogen (secondary N) is 1. The Bertz CT molecular complexity index is 549. The van der Waals surface area contributed by atoms with Gasteiger partial charge in [-0.2, -0.15) is 5.26 Å². The first-order chi connectivity index (χ1) is 7.90. The molecule has 0 aliphatic carbocycles. The van der Waals surface area contributed by atoms with E-state index in [1.54, 1.807) is 6.92 Å². The van der Waals surface area contributed by atoms with Crippen LogP contribution in [0, 0.1) is 11.3 Å². The summed E-state index contributed by atoms with van der Waals surface area (Å²) in [6.07, 6.45) is 0.698. The average molecular weight is 273 g/mol. The van der Waals surface area contributed by atoms with Crippen molar-refractivity contribution in [3.63, 3.8) is 0 Å². The molecule has 0 aromatic heterocycles. The molecule has 0 spiro atoms. The minimum atomic E-state index is -3.56. The van der Waals surface area contributed by atoms with E-state index in [1.165, 1.54) is 18.2 Å². The first-order valence-corrected chi connectivity index (χ1v) is 6.98. The number of sulfonamides is 1. The Labute approximate surface area is 106 Å². The lowest BCUT2D eigenvalue weighted by Crippen LogP contribution is -2.31. The van der Waals surface area contributed by atoms with Crippen LogP contribution in [0.3, 0.4) is 0 Å². The highest BCUT2D eigenvalue weighted by atomic mass is 35.5. The van der Waals surface area contributed by atoms with Crippen LogP contribution in [0.2, 0.25) is 5.02 Å². The van der Waals surface area contributed by atoms with E-state index in [9.17, 15) is 8.42 Å². The highest BCUT2D eigenvalue weighted by molar-refractivity contribution is 7.89. The van der Waals surface area contributed by atoms with Gasteiger partial charge >= 0.3 is 0 Å². The molecule has 6 heteroatoms. The minimum Gasteiger partial charge on any atom is -0.208 e. The SMILES string of the molecule is CCC(C)NS(=O)(=O)c1ccc(C#N)c(Cl)c1. The summed E-state index contributed by atoms with van der Waals surface area (Å²) >= 11 is 5.79. The van der Waals surface area contributed by atoms with Gasteiger partial charge in [-0.25, -0.2) is 13.1 Å². The fourth-order valence-corrected chi connectivity index (χ4v) is 2.81. The van der Waals surface area contributed by atoms with E-state index in [0.29, 0.717) is 6.42 Å². The fourth-order valence-electron chi connectivity index (χ4n) is 1.17. The summed E-state index contributed by atoms with van der Waals surface area (Å²) in [5, 5.41) is 8.83. The van der Waals surface area contributed by atoms with Crippen LogP contribution in [-0.4, -0.2) is 14.5 Å². The van der Waals surface area contributed by atoms with Crippen molar-refractivity contribution >= 4 is 21.6 Å². The lowest BCUT2D eigenvalue weighted by atomic mass is 10.2. The highest BCUT2D eigenvalue weighted by Crippen LogP contribution is 2.20. The van der Waals surface area contributed by atoms with Gasteiger partial charge in [0.1, 0.15) is 6.07 Å². The summed E-state index contributed by atoms with van der Waals surface area (Å²) < 4.78 is 26.3. The number of rotatable bonds is 4. The van der Waals surface area contributed by atoms with Crippen molar-refractivity contribution in [2.24, 2.45) is 0 Å². The summed E-state index contributed by atoms with van der Waals surface area (Å²) in [4.78, 5) is 0.0711. The van der Waals surface area contributed by atoms with Crippen molar-refractivity contribution in [2.75, 3.05) is 0 Å². The highest BCUT2D eigenvalue weighted by Gasteiger charge is 2.17. The molecule has 0 aliphatic rings. The summed E-state index contributed by atoms with van der Waals surface area (Å²) in [6.45, 7) is 3.67. The topological polar surface area (TPSA) is 70.0 Å². The van der Waals surface area contributed by atoms with E-state index >= 15 is 0 Å². The first kappa shape index (κ1) is 14.0. The third-order valence-corrected chi connectivity index (χ3v) is 4.24. The van der Waals surface area contributed by atoms with Crippen LogP contribution in [0.25, 0.3) is 0 Å². The molecule has 0 heterocycles. The summed E-state index contributed by atoms with van der Waals surface area (Å²) in [5.41, 5.74) is 0.258. The molecule has 1 aromatic rings. The Kier molecular flexibility index (Phi) is 4.52. The summed E-state index contributed by atoms with van der Waals surface area (Å²) in [5.74, 6) is 0. The standard InChI is InChI=1S/C11H13ClN2O2S/c1-3-8(2)14-17(15,16)10-5-4-9(7-13)11(12)6-10/h4-6,8,14H,3H2,1-2H3. The van der Waals surface area contributed by atoms with Crippen LogP contribution in [0.5, 0.6) is 0 Å². The molecule has 1 N–H and O–H groups in total. The molecule has 0 saturated carbocycles. The molecule has 0 radical (unpaired) electrons. The molecule has 17 heavy (non-hydrogen) atoms. The van der Waals surface area contributed by atoms with Gasteiger partial charge in [-0.05, 0) is 31.5 Å². The van der Waals surface area contributed by atoms with Gasteiger partial charge in [0.15, 0.2) is 0 Å². The largest absolute Gasteiger partial charge is 0.240 e. The van der Waals surface area contributed by atoms with Crippen LogP contribution in [0.4, 0.5) is 0 Å². The van der Waals surface area contributed by atoms with E-state index in [4.69, 9.17) is 16.9 Å². The molecular formula is C11H13ClN2O2S. The van der Waals surface area contributed by atoms with E-state index in [0.717, 1.165) is 0 Å². The Balaban J connectivity index is 3.09. The van der Waals surface area contributed by atoms with Gasteiger partial charge < -0.3 is 0 Å². The molecule has 1 rings (SSSR count). The Morgan fingerprint density at radius 2 is 2.18 bits per heavy atom. The zero-order valence-corrected chi connectivity index (χ0v) is 11.1. The normalized spacial score (nSPS) is 13.1. The van der Waals surface area contributed by atoms with E-state index in [-0.39, 0.29) is 21.5 Å². The van der Waals surface area contributed by atoms with Gasteiger partial charge in [-0.15, -0.1) is 0 Å². The second-order valence-electron chi connectivity index (χ2n) is 3.68. The van der Waals surface area contributed by atoms with Gasteiger partial charge in [0, 0.05) is 6.04 Å². The van der Waals surface area contributed by atoms with Gasteiger partial charge in [0.2, 0.25) is 10.0 Å². The minimum absolute atomic E-state index is 0.0711. The smallest absolute Gasteiger partial charge is 0.208 e. The second kappa shape index (κ2) is 5.50. The Morgan fingerprint density at radius 1 is 1.53 bits per heavy atom. The van der Waals surface area contributed by atoms with E-state index in [1.807, 2.05) is 13.0 Å². The number of nitriles is 1. The average Bonchev–Trinajstić information content (AvgIpc) is 2.28. The zero-order chi connectivity index (χ0) is 13.1. The van der Waals surface area contributed by atoms with Crippen LogP contribution in [-0.2, 0) is 10.0 Å². The van der Waals surface area contributed by atoms with Gasteiger partial charge in [-0.3, -0.25) is 0 Å². The second-order valence-corrected chi connectivity index (χ2v) is 5.81. The molecule has 4 nitrogen and oxygen atoms in total. The maximum Gasteiger partial charge on any atom is 0.240 e. The summed E-state index contributed by atoms with van der Waals surface area (Å²) in [6, 6.07) is 5.78. The third-order valence-electron chi connectivity index (χ3n) is 2.34. The van der Waals surface area contributed by atoms with Crippen LogP contribution in [0.15, 0.2) is 23.1 Å². The number of benzene rings is 1. The quantitative estimate of drug-likeness (QED) is 0.914. The molecule has 0 fully saturated rings. The van der Waals surface area contributed by atoms with Gasteiger partial charge in [0.25, 0.3) is 0 Å². The predicted octanol–water partition coefficient (Wildman–Crippen LogP) is 2.29. The molecule has 0 aliphatic heterocycles. The maximum absolute atomic E-state index is 11.9. The number of nitrogens with zero attached hydrogens (tertiary/aromatic N) is 1. The van der Waals surface area contributed by atoms with Crippen LogP contribution >= 0.6 is 11.6 Å². The Hall–Kier alpha value is -1.09. The Morgan fingerprint density at radius 3 is 2.65 bits per heavy atom. The monoisotopic (exact) mass is 272 g/mol. The fraction of sp³-hybridized carbons (Fsp3) is 0.364. The zero-order valence-electron chi connectivity index (χ0n) is 9.57. The third kappa shape index (κ3) is 3.43.